The molecule has 0 unspecified atom stereocenters. The molecule has 0 spiro atoms. The Morgan fingerprint density at radius 1 is 0.286 bits per heavy atom. The Hall–Kier alpha value is -6.86. The van der Waals surface area contributed by atoms with E-state index in [0.717, 1.165) is 41.2 Å². The van der Waals surface area contributed by atoms with E-state index in [4.69, 9.17) is 0 Å². The number of rotatable bonds is 5. The second kappa shape index (κ2) is 37.0. The van der Waals surface area contributed by atoms with Crippen molar-refractivity contribution in [3.05, 3.63) is 207 Å². The number of alkyl halides is 18. The van der Waals surface area contributed by atoms with Crippen molar-refractivity contribution in [2.24, 2.45) is 0 Å². The third-order valence-corrected chi connectivity index (χ3v) is 11.3. The van der Waals surface area contributed by atoms with Crippen LogP contribution in [0.4, 0.5) is 79.0 Å². The van der Waals surface area contributed by atoms with Gasteiger partial charge in [-0.2, -0.15) is 79.0 Å². The fourth-order valence-corrected chi connectivity index (χ4v) is 7.21. The Morgan fingerprint density at radius 3 is 0.908 bits per heavy atom. The molecule has 15 nitrogen and oxygen atoms in total. The van der Waals surface area contributed by atoms with Crippen LogP contribution in [0.3, 0.4) is 0 Å². The van der Waals surface area contributed by atoms with E-state index in [0.29, 0.717) is 34.5 Å². The van der Waals surface area contributed by atoms with Crippen molar-refractivity contribution in [3.63, 3.8) is 0 Å². The number of pyridine rings is 5. The Balaban J connectivity index is 0.000000605. The second-order valence-electron chi connectivity index (χ2n) is 19.3. The van der Waals surface area contributed by atoms with Crippen molar-refractivity contribution < 1.29 is 180 Å². The molecule has 0 aliphatic rings. The first kappa shape index (κ1) is 89.1. The van der Waals surface area contributed by atoms with Gasteiger partial charge in [0.2, 0.25) is 0 Å². The average Bonchev–Trinajstić information content (AvgIpc) is 0.837. The summed E-state index contributed by atoms with van der Waals surface area (Å²) in [4.78, 5) is 56.0. The quantitative estimate of drug-likeness (QED) is 0.117. The molecule has 5 radical (unpaired) electrons. The molecule has 10 aromatic rings. The number of hydrogen-bond acceptors (Lipinski definition) is 15. The standard InChI is InChI=1S/C12H6F6N3.4C12H9F3N3.5Ir/c1-6-4-7(5-9(20-6)12(16,17)18)10-19-3-2-8(21-10)11(13,14)15;1-7-5-16-11(17-6-7)9-3-8(2)18-10(4-9)12(13,14)15;1-7-5-16-11(17-6-7)9-3-4-10(12(13,14)15)18-8(9)2;1-7-3-4-16-11(18-7)9-5-8(2)17-10(6-9)12(13,14)15;1-7-5-6-16-11(17-7)9-3-4-10(12(13,14)15)18-8(9)2;;;;;/h2-4H,1H3;3,5-6H,1-2H3;4-6H,1-2H3;3-5H,1-2H3;4-6H,1-2H3;;;;;/q5*-1;;;;;. The topological polar surface area (TPSA) is 193 Å². The third kappa shape index (κ3) is 26.7. The van der Waals surface area contributed by atoms with E-state index in [2.05, 4.69) is 99.0 Å². The minimum absolute atomic E-state index is 0. The van der Waals surface area contributed by atoms with Crippen LogP contribution in [0.25, 0.3) is 56.9 Å². The predicted octanol–water partition coefficient (Wildman–Crippen LogP) is 15.6. The zero-order valence-corrected chi connectivity index (χ0v) is 62.8. The number of hydrogen-bond donors (Lipinski definition) is 0. The van der Waals surface area contributed by atoms with Crippen molar-refractivity contribution in [2.75, 3.05) is 0 Å². The van der Waals surface area contributed by atoms with E-state index < -0.39 is 77.0 Å². The monoisotopic (exact) mass is 2280 g/mol. The molecule has 0 atom stereocenters. The molecule has 10 aromatic heterocycles. The number of nitrogens with zero attached hydrogens (tertiary/aromatic N) is 15. The minimum Gasteiger partial charge on any atom is -0.344 e. The predicted molar refractivity (Wildman–Crippen MR) is 293 cm³/mol. The maximum absolute atomic E-state index is 12.6. The summed E-state index contributed by atoms with van der Waals surface area (Å²) in [5.41, 5.74) is -1.79. The van der Waals surface area contributed by atoms with Gasteiger partial charge in [0, 0.05) is 173 Å². The SMILES string of the molecule is Cc1cc(-c2nccc(C(F)(F)F)n2)[c-]c(C(F)(F)F)n1.Cc1cc(-c2nccc(C)n2)[c-]c(C(F)(F)F)n1.Cc1ccnc(-c2[c-]cc(C(F)(F)F)nc2C)n1.Cc1cnc(-c2[c-]c(C(F)(F)F)nc(C)c2)nc1.Cc1cnc(-c2[c-]cc(C(F)(F)F)nc2C)nc1.[Ir].[Ir].[Ir].[Ir].[Ir]. The maximum atomic E-state index is 12.6. The summed E-state index contributed by atoms with van der Waals surface area (Å²) in [6, 6.07) is 21.1. The minimum atomic E-state index is -4.76. The Bertz CT molecular complexity index is 4220. The molecule has 0 saturated heterocycles. The number of aryl methyl sites for hydroxylation is 9. The van der Waals surface area contributed by atoms with Crippen molar-refractivity contribution >= 4 is 0 Å². The van der Waals surface area contributed by atoms with Crippen LogP contribution in [-0.4, -0.2) is 74.8 Å². The molecule has 0 aliphatic heterocycles. The fourth-order valence-electron chi connectivity index (χ4n) is 7.21. The van der Waals surface area contributed by atoms with Crippen LogP contribution in [0.2, 0.25) is 0 Å². The van der Waals surface area contributed by atoms with Gasteiger partial charge in [-0.3, -0.25) is 44.9 Å². The summed E-state index contributed by atoms with van der Waals surface area (Å²) in [6.07, 6.45) is -17.3. The molecule has 533 valence electrons. The summed E-state index contributed by atoms with van der Waals surface area (Å²) in [5, 5.41) is 0. The van der Waals surface area contributed by atoms with Crippen molar-refractivity contribution in [1.29, 1.82) is 0 Å². The molecule has 38 heteroatoms. The van der Waals surface area contributed by atoms with Gasteiger partial charge in [-0.15, -0.1) is 77.4 Å². The largest absolute Gasteiger partial charge is 0.432 e. The first-order chi connectivity index (χ1) is 43.0. The Morgan fingerprint density at radius 2 is 0.582 bits per heavy atom. The molecular formula is C60H42F18Ir5N15-5. The molecular weight excluding hydrogens is 2230 g/mol. The van der Waals surface area contributed by atoms with Gasteiger partial charge in [0.1, 0.15) is 5.69 Å². The zero-order valence-electron chi connectivity index (χ0n) is 50.8. The molecule has 10 rings (SSSR count). The first-order valence-electron chi connectivity index (χ1n) is 26.0. The zero-order chi connectivity index (χ0) is 69.2. The van der Waals surface area contributed by atoms with Gasteiger partial charge < -0.3 is 29.9 Å². The normalized spacial score (nSPS) is 11.2. The molecule has 0 amide bonds. The van der Waals surface area contributed by atoms with Crippen LogP contribution in [0.5, 0.6) is 0 Å². The van der Waals surface area contributed by atoms with Gasteiger partial charge in [-0.05, 0) is 106 Å². The molecule has 0 saturated carbocycles. The van der Waals surface area contributed by atoms with E-state index in [1.54, 1.807) is 63.9 Å². The van der Waals surface area contributed by atoms with Crippen LogP contribution in [0, 0.1) is 92.6 Å². The smallest absolute Gasteiger partial charge is 0.344 e. The summed E-state index contributed by atoms with van der Waals surface area (Å²) >= 11 is 0. The first-order valence-corrected chi connectivity index (χ1v) is 26.0. The number of aromatic nitrogens is 15. The molecule has 0 aliphatic carbocycles. The van der Waals surface area contributed by atoms with Crippen molar-refractivity contribution in [2.45, 2.75) is 99.4 Å². The van der Waals surface area contributed by atoms with E-state index in [1.165, 1.54) is 52.9 Å². The molecule has 0 N–H and O–H groups in total. The molecule has 0 bridgehead atoms. The third-order valence-electron chi connectivity index (χ3n) is 11.3. The van der Waals surface area contributed by atoms with Crippen LogP contribution >= 0.6 is 0 Å². The van der Waals surface area contributed by atoms with Gasteiger partial charge in [0.25, 0.3) is 0 Å². The van der Waals surface area contributed by atoms with E-state index in [-0.39, 0.29) is 157 Å². The Labute approximate surface area is 613 Å². The maximum Gasteiger partial charge on any atom is 0.432 e. The average molecular weight is 2280 g/mol. The van der Waals surface area contributed by atoms with Gasteiger partial charge in [0.15, 0.2) is 0 Å². The summed E-state index contributed by atoms with van der Waals surface area (Å²) in [5.74, 6) is 0.566. The number of halogens is 18. The van der Waals surface area contributed by atoms with E-state index in [9.17, 15) is 79.0 Å². The van der Waals surface area contributed by atoms with Crippen molar-refractivity contribution in [3.8, 4) is 56.9 Å². The summed E-state index contributed by atoms with van der Waals surface area (Å²) in [7, 11) is 0. The molecule has 10 heterocycles. The fraction of sp³-hybridized carbons (Fsp3) is 0.250. The van der Waals surface area contributed by atoms with Gasteiger partial charge in [-0.1, -0.05) is 25.0 Å². The molecule has 0 fully saturated rings. The van der Waals surface area contributed by atoms with Crippen molar-refractivity contribution in [1.82, 2.24) is 74.8 Å². The van der Waals surface area contributed by atoms with Crippen LogP contribution in [0.15, 0.2) is 91.9 Å². The second-order valence-corrected chi connectivity index (χ2v) is 19.3. The Kier molecular flexibility index (Phi) is 33.7. The van der Waals surface area contributed by atoms with E-state index >= 15 is 0 Å². The summed E-state index contributed by atoms with van der Waals surface area (Å²) < 4.78 is 226. The van der Waals surface area contributed by atoms with E-state index in [1.807, 2.05) is 13.0 Å². The van der Waals surface area contributed by atoms with Crippen LogP contribution in [-0.2, 0) is 138 Å². The van der Waals surface area contributed by atoms with Crippen LogP contribution in [0.1, 0.15) is 85.1 Å². The molecule has 98 heavy (non-hydrogen) atoms. The summed E-state index contributed by atoms with van der Waals surface area (Å²) in [6.45, 7) is 14.3. The van der Waals surface area contributed by atoms with Gasteiger partial charge >= 0.3 is 37.1 Å². The molecule has 0 aromatic carbocycles. The van der Waals surface area contributed by atoms with Gasteiger partial charge in [0.05, 0.1) is 40.1 Å². The van der Waals surface area contributed by atoms with Crippen LogP contribution < -0.4 is 0 Å². The van der Waals surface area contributed by atoms with Gasteiger partial charge in [-0.25, -0.2) is 0 Å².